The number of unbranched alkanes of at least 4 members (excludes halogenated alkanes) is 1. The summed E-state index contributed by atoms with van der Waals surface area (Å²) in [6.07, 6.45) is 8.28. The van der Waals surface area contributed by atoms with Gasteiger partial charge in [-0.15, -0.1) is 0 Å². The molecule has 0 aromatic carbocycles. The van der Waals surface area contributed by atoms with Gasteiger partial charge in [-0.1, -0.05) is 73.6 Å². The fourth-order valence-electron chi connectivity index (χ4n) is 8.72. The summed E-state index contributed by atoms with van der Waals surface area (Å²) in [7, 11) is -3.35. The molecule has 5 fully saturated rings. The summed E-state index contributed by atoms with van der Waals surface area (Å²) in [6, 6.07) is -3.42. The molecule has 2 saturated heterocycles. The van der Waals surface area contributed by atoms with Crippen molar-refractivity contribution in [2.45, 2.75) is 154 Å². The summed E-state index contributed by atoms with van der Waals surface area (Å²) in [5.74, 6) is -2.14. The maximum atomic E-state index is 14.5. The van der Waals surface area contributed by atoms with E-state index in [1.807, 2.05) is 27.7 Å². The molecular formula is C35H57N5O7S. The molecule has 48 heavy (non-hydrogen) atoms. The molecule has 270 valence electrons. The number of carbonyl (C=O) groups excluding carboxylic acids is 5. The van der Waals surface area contributed by atoms with E-state index in [0.29, 0.717) is 45.1 Å². The van der Waals surface area contributed by atoms with E-state index in [-0.39, 0.29) is 29.0 Å². The van der Waals surface area contributed by atoms with Gasteiger partial charge in [0.25, 0.3) is 5.91 Å². The summed E-state index contributed by atoms with van der Waals surface area (Å²) in [5, 5.41) is 10.9. The van der Waals surface area contributed by atoms with Gasteiger partial charge in [0.1, 0.15) is 12.1 Å². The quantitative estimate of drug-likeness (QED) is 0.228. The average molecular weight is 692 g/mol. The number of nitrogens with zero attached hydrogens (tertiary/aromatic N) is 1. The molecule has 2 heterocycles. The number of nitrogens with one attached hydrogen (secondary N) is 4. The van der Waals surface area contributed by atoms with E-state index in [4.69, 9.17) is 0 Å². The maximum absolute atomic E-state index is 14.5. The van der Waals surface area contributed by atoms with Crippen molar-refractivity contribution in [3.63, 3.8) is 0 Å². The Labute approximate surface area is 286 Å². The summed E-state index contributed by atoms with van der Waals surface area (Å²) < 4.78 is 26.1. The molecule has 5 amide bonds. The Kier molecular flexibility index (Phi) is 10.3. The monoisotopic (exact) mass is 691 g/mol. The first-order chi connectivity index (χ1) is 22.4. The predicted molar refractivity (Wildman–Crippen MR) is 181 cm³/mol. The molecule has 12 nitrogen and oxygen atoms in total. The molecule has 5 aliphatic rings. The highest BCUT2D eigenvalue weighted by molar-refractivity contribution is 7.92. The van der Waals surface area contributed by atoms with E-state index in [1.165, 1.54) is 0 Å². The molecule has 6 atom stereocenters. The first-order valence-corrected chi connectivity index (χ1v) is 19.9. The minimum absolute atomic E-state index is 0.00883. The van der Waals surface area contributed by atoms with Crippen LogP contribution in [0.3, 0.4) is 0 Å². The van der Waals surface area contributed by atoms with Gasteiger partial charge in [-0.2, -0.15) is 0 Å². The van der Waals surface area contributed by atoms with Crippen LogP contribution in [-0.4, -0.2) is 90.1 Å². The van der Waals surface area contributed by atoms with Crippen molar-refractivity contribution in [1.29, 1.82) is 0 Å². The zero-order chi connectivity index (χ0) is 35.2. The molecule has 0 unspecified atom stereocenters. The van der Waals surface area contributed by atoms with Crippen LogP contribution in [0.2, 0.25) is 0 Å². The lowest BCUT2D eigenvalue weighted by molar-refractivity contribution is -0.145. The third-order valence-corrected chi connectivity index (χ3v) is 14.2. The summed E-state index contributed by atoms with van der Waals surface area (Å²) in [5.41, 5.74) is -1.80. The van der Waals surface area contributed by atoms with Gasteiger partial charge in [-0.3, -0.25) is 19.2 Å². The predicted octanol–water partition coefficient (Wildman–Crippen LogP) is 2.99. The van der Waals surface area contributed by atoms with E-state index in [1.54, 1.807) is 4.90 Å². The topological polar surface area (TPSA) is 171 Å². The van der Waals surface area contributed by atoms with Crippen molar-refractivity contribution in [2.75, 3.05) is 12.3 Å². The molecule has 0 bridgehead atoms. The number of Topliss-reactive ketones (excluding diaryl/α,β-unsaturated/α-hetero) is 1. The van der Waals surface area contributed by atoms with Crippen LogP contribution in [0.5, 0.6) is 0 Å². The van der Waals surface area contributed by atoms with Crippen LogP contribution >= 0.6 is 0 Å². The van der Waals surface area contributed by atoms with E-state index in [9.17, 15) is 32.4 Å². The second kappa shape index (κ2) is 13.5. The van der Waals surface area contributed by atoms with Crippen LogP contribution in [0.4, 0.5) is 4.79 Å². The second-order valence-corrected chi connectivity index (χ2v) is 19.1. The normalized spacial score (nSPS) is 29.6. The van der Waals surface area contributed by atoms with Gasteiger partial charge in [0, 0.05) is 12.6 Å². The number of hydrogen-bond acceptors (Lipinski definition) is 7. The van der Waals surface area contributed by atoms with Crippen molar-refractivity contribution in [2.24, 2.45) is 22.7 Å². The van der Waals surface area contributed by atoms with E-state index in [2.05, 4.69) is 35.1 Å². The third-order valence-electron chi connectivity index (χ3n) is 11.8. The smallest absolute Gasteiger partial charge is 0.315 e. The Bertz CT molecular complexity index is 1400. The minimum Gasteiger partial charge on any atom is -0.347 e. The highest BCUT2D eigenvalue weighted by Gasteiger charge is 2.70. The van der Waals surface area contributed by atoms with Crippen molar-refractivity contribution in [3.05, 3.63) is 0 Å². The third kappa shape index (κ3) is 7.40. The van der Waals surface area contributed by atoms with Gasteiger partial charge in [0.2, 0.25) is 17.6 Å². The zero-order valence-electron chi connectivity index (χ0n) is 29.7. The number of amides is 5. The number of sulfone groups is 1. The number of hydrogen-bond donors (Lipinski definition) is 4. The highest BCUT2D eigenvalue weighted by Crippen LogP contribution is 2.65. The van der Waals surface area contributed by atoms with Crippen LogP contribution in [0.15, 0.2) is 0 Å². The molecule has 0 radical (unpaired) electrons. The van der Waals surface area contributed by atoms with Gasteiger partial charge >= 0.3 is 6.03 Å². The fourth-order valence-corrected chi connectivity index (χ4v) is 11.1. The molecule has 0 aromatic rings. The van der Waals surface area contributed by atoms with E-state index in [0.717, 1.165) is 38.5 Å². The number of carbonyl (C=O) groups is 5. The number of fused-ring (bicyclic) bond motifs is 1. The molecule has 13 heteroatoms. The number of likely N-dealkylation sites (tertiary alicyclic amines) is 1. The van der Waals surface area contributed by atoms with Crippen LogP contribution in [-0.2, 0) is 29.0 Å². The molecule has 0 aromatic heterocycles. The first kappa shape index (κ1) is 36.6. The molecule has 4 N–H and O–H groups in total. The minimum atomic E-state index is -3.35. The van der Waals surface area contributed by atoms with Gasteiger partial charge < -0.3 is 26.2 Å². The van der Waals surface area contributed by atoms with E-state index < -0.39 is 73.7 Å². The van der Waals surface area contributed by atoms with Gasteiger partial charge in [-0.05, 0) is 67.6 Å². The molecular weight excluding hydrogens is 634 g/mol. The number of urea groups is 1. The lowest BCUT2D eigenvalue weighted by atomic mass is 9.78. The summed E-state index contributed by atoms with van der Waals surface area (Å²) in [4.78, 5) is 69.7. The van der Waals surface area contributed by atoms with Gasteiger partial charge in [0.15, 0.2) is 9.84 Å². The summed E-state index contributed by atoms with van der Waals surface area (Å²) in [6.45, 7) is 12.0. The first-order valence-electron chi connectivity index (χ1n) is 18.2. The van der Waals surface area contributed by atoms with Gasteiger partial charge in [0.05, 0.1) is 22.6 Å². The zero-order valence-corrected chi connectivity index (χ0v) is 30.5. The molecule has 3 saturated carbocycles. The Morgan fingerprint density at radius 3 is 2.17 bits per heavy atom. The van der Waals surface area contributed by atoms with Gasteiger partial charge in [-0.25, -0.2) is 13.2 Å². The molecule has 0 spiro atoms. The lowest BCUT2D eigenvalue weighted by Gasteiger charge is -2.43. The standard InChI is InChI=1S/C35H57N5O7S/c1-7-8-13-23(27(41)30(43)36-21-15-16-21)37-29(42)26-25-22(34(25,5)6)20-40(26)31(44)28(33(2,3)4)38-32(45)39-35(17-10-9-11-18-35)24-14-12-19-48(24,46)47/h21-26,28H,7-20H2,1-6H3,(H,36,43)(H,37,42)(H2,38,39,45)/t22-,23+,24+,25-,26+,28-/m1/s1. The van der Waals surface area contributed by atoms with E-state index >= 15 is 0 Å². The van der Waals surface area contributed by atoms with Crippen molar-refractivity contribution >= 4 is 39.4 Å². The summed E-state index contributed by atoms with van der Waals surface area (Å²) >= 11 is 0. The molecule has 3 aliphatic carbocycles. The largest absolute Gasteiger partial charge is 0.347 e. The molecule has 5 rings (SSSR count). The number of rotatable bonds is 12. The Morgan fingerprint density at radius 2 is 1.60 bits per heavy atom. The van der Waals surface area contributed by atoms with Crippen LogP contribution < -0.4 is 21.3 Å². The van der Waals surface area contributed by atoms with Crippen molar-refractivity contribution < 1.29 is 32.4 Å². The SMILES string of the molecule is CCCC[C@H](NC(=O)[C@@H]1[C@H]2[C@@H](CN1C(=O)[C@@H](NC(=O)NC1([C@@H]3CCCS3(=O)=O)CCCCC1)C(C)(C)C)C2(C)C)C(=O)C(=O)NC1CC1. The lowest BCUT2D eigenvalue weighted by Crippen LogP contribution is -2.65. The maximum Gasteiger partial charge on any atom is 0.315 e. The number of ketones is 1. The highest BCUT2D eigenvalue weighted by atomic mass is 32.2. The fraction of sp³-hybridized carbons (Fsp3) is 0.857. The molecule has 2 aliphatic heterocycles. The van der Waals surface area contributed by atoms with Crippen LogP contribution in [0.25, 0.3) is 0 Å². The average Bonchev–Trinajstić information content (AvgIpc) is 3.79. The van der Waals surface area contributed by atoms with Crippen LogP contribution in [0.1, 0.15) is 119 Å². The van der Waals surface area contributed by atoms with Crippen molar-refractivity contribution in [1.82, 2.24) is 26.2 Å². The number of piperidine rings is 1. The Balaban J connectivity index is 1.34. The van der Waals surface area contributed by atoms with Crippen molar-refractivity contribution in [3.8, 4) is 0 Å². The Morgan fingerprint density at radius 1 is 0.938 bits per heavy atom. The Hall–Kier alpha value is -2.70. The van der Waals surface area contributed by atoms with Crippen LogP contribution in [0, 0.1) is 22.7 Å². The second-order valence-electron chi connectivity index (χ2n) is 16.8.